The topological polar surface area (TPSA) is 120 Å². The van der Waals surface area contributed by atoms with Crippen LogP contribution in [0.3, 0.4) is 0 Å². The minimum absolute atomic E-state index is 0.131. The number of benzene rings is 1. The van der Waals surface area contributed by atoms with Gasteiger partial charge < -0.3 is 20.1 Å². The molecule has 1 aromatic carbocycles. The summed E-state index contributed by atoms with van der Waals surface area (Å²) in [6.45, 7) is 0.369. The van der Waals surface area contributed by atoms with E-state index in [9.17, 15) is 9.59 Å². The van der Waals surface area contributed by atoms with E-state index in [1.165, 1.54) is 22.8 Å². The normalized spacial score (nSPS) is 12.8. The van der Waals surface area contributed by atoms with Crippen molar-refractivity contribution in [3.8, 4) is 17.3 Å². The number of hydrogen-bond acceptors (Lipinski definition) is 8. The van der Waals surface area contributed by atoms with E-state index in [1.54, 1.807) is 38.6 Å². The molecule has 4 rings (SSSR count). The molecule has 10 nitrogen and oxygen atoms in total. The molecule has 172 valence electrons. The van der Waals surface area contributed by atoms with Gasteiger partial charge in [0.2, 0.25) is 5.91 Å². The van der Waals surface area contributed by atoms with Crippen molar-refractivity contribution in [1.82, 2.24) is 30.4 Å². The average Bonchev–Trinajstić information content (AvgIpc) is 3.51. The van der Waals surface area contributed by atoms with Crippen molar-refractivity contribution in [2.24, 2.45) is 0 Å². The smallest absolute Gasteiger partial charge is 0.272 e. The van der Waals surface area contributed by atoms with E-state index in [-0.39, 0.29) is 23.6 Å². The Bertz CT molecular complexity index is 1150. The van der Waals surface area contributed by atoms with Crippen LogP contribution in [0.25, 0.3) is 5.82 Å². The predicted octanol–water partition coefficient (Wildman–Crippen LogP) is 1.98. The number of nitrogens with one attached hydrogen (secondary N) is 2. The second-order valence-corrected chi connectivity index (χ2v) is 8.36. The third kappa shape index (κ3) is 6.01. The van der Waals surface area contributed by atoms with Crippen molar-refractivity contribution in [1.29, 1.82) is 0 Å². The first-order valence-corrected chi connectivity index (χ1v) is 11.3. The van der Waals surface area contributed by atoms with Gasteiger partial charge in [0.25, 0.3) is 5.91 Å². The van der Waals surface area contributed by atoms with E-state index in [1.807, 2.05) is 12.1 Å². The van der Waals surface area contributed by atoms with Gasteiger partial charge in [-0.2, -0.15) is 5.10 Å². The minimum atomic E-state index is -0.189. The van der Waals surface area contributed by atoms with E-state index < -0.39 is 0 Å². The second-order valence-electron chi connectivity index (χ2n) is 7.36. The minimum Gasteiger partial charge on any atom is -0.493 e. The molecule has 2 N–H and O–H groups in total. The molecule has 2 heterocycles. The number of carbonyl (C=O) groups is 2. The Morgan fingerprint density at radius 1 is 1.12 bits per heavy atom. The van der Waals surface area contributed by atoms with Crippen molar-refractivity contribution in [3.05, 3.63) is 54.1 Å². The number of ether oxygens (including phenoxy) is 2. The molecule has 0 aliphatic heterocycles. The number of aromatic nitrogens is 4. The van der Waals surface area contributed by atoms with Crippen LogP contribution < -0.4 is 20.1 Å². The molecule has 0 unspecified atom stereocenters. The van der Waals surface area contributed by atoms with Crippen molar-refractivity contribution < 1.29 is 19.1 Å². The fraction of sp³-hybridized carbons (Fsp3) is 0.318. The van der Waals surface area contributed by atoms with Gasteiger partial charge >= 0.3 is 0 Å². The van der Waals surface area contributed by atoms with Gasteiger partial charge in [0, 0.05) is 24.8 Å². The van der Waals surface area contributed by atoms with E-state index in [0.29, 0.717) is 34.6 Å². The van der Waals surface area contributed by atoms with Crippen LogP contribution in [0, 0.1) is 0 Å². The lowest BCUT2D eigenvalue weighted by Crippen LogP contribution is -2.25. The third-order valence-electron chi connectivity index (χ3n) is 4.89. The van der Waals surface area contributed by atoms with Crippen LogP contribution in [-0.2, 0) is 11.3 Å². The zero-order valence-corrected chi connectivity index (χ0v) is 19.1. The van der Waals surface area contributed by atoms with E-state index in [0.717, 1.165) is 18.4 Å². The van der Waals surface area contributed by atoms with Crippen molar-refractivity contribution in [2.45, 2.75) is 30.5 Å². The summed E-state index contributed by atoms with van der Waals surface area (Å²) in [6, 6.07) is 9.13. The van der Waals surface area contributed by atoms with Crippen LogP contribution in [0.15, 0.2) is 47.9 Å². The van der Waals surface area contributed by atoms with Crippen LogP contribution in [0.4, 0.5) is 0 Å². The van der Waals surface area contributed by atoms with Gasteiger partial charge in [0.1, 0.15) is 11.4 Å². The predicted molar refractivity (Wildman–Crippen MR) is 122 cm³/mol. The molecule has 1 fully saturated rings. The Hall–Kier alpha value is -3.60. The fourth-order valence-corrected chi connectivity index (χ4v) is 3.67. The number of methoxy groups -OCH3 is 2. The lowest BCUT2D eigenvalue weighted by molar-refractivity contribution is -0.118. The van der Waals surface area contributed by atoms with Crippen LogP contribution in [-0.4, -0.2) is 57.6 Å². The number of hydrogen-bond donors (Lipinski definition) is 2. The molecule has 1 saturated carbocycles. The standard InChI is InChI=1S/C22H24N6O4S/c1-31-17-6-3-14(9-18(17)32-2)11-23-20(29)12-33-21-10-19(24-13-25-21)28-8-7-16(27-28)22(30)26-15-4-5-15/h3,6-10,13,15H,4-5,11-12H2,1-2H3,(H,23,29)(H,26,30). The first-order chi connectivity index (χ1) is 16.1. The van der Waals surface area contributed by atoms with Gasteiger partial charge in [0.15, 0.2) is 23.0 Å². The molecular weight excluding hydrogens is 444 g/mol. The highest BCUT2D eigenvalue weighted by molar-refractivity contribution is 7.99. The molecule has 1 aliphatic rings. The van der Waals surface area contributed by atoms with E-state index in [2.05, 4.69) is 25.7 Å². The van der Waals surface area contributed by atoms with Crippen molar-refractivity contribution in [3.63, 3.8) is 0 Å². The zero-order chi connectivity index (χ0) is 23.2. The molecule has 1 aliphatic carbocycles. The lowest BCUT2D eigenvalue weighted by atomic mass is 10.2. The Morgan fingerprint density at radius 2 is 1.94 bits per heavy atom. The maximum absolute atomic E-state index is 12.3. The molecule has 3 aromatic rings. The second kappa shape index (κ2) is 10.3. The molecule has 2 amide bonds. The summed E-state index contributed by atoms with van der Waals surface area (Å²) in [4.78, 5) is 32.9. The van der Waals surface area contributed by atoms with Gasteiger partial charge in [0.05, 0.1) is 20.0 Å². The molecular formula is C22H24N6O4S. The first kappa shape index (κ1) is 22.6. The molecule has 0 bridgehead atoms. The number of carbonyl (C=O) groups excluding carboxylic acids is 2. The summed E-state index contributed by atoms with van der Waals surface area (Å²) in [5.74, 6) is 1.63. The van der Waals surface area contributed by atoms with Crippen LogP contribution in [0.2, 0.25) is 0 Å². The Balaban J connectivity index is 1.30. The largest absolute Gasteiger partial charge is 0.493 e. The van der Waals surface area contributed by atoms with Crippen molar-refractivity contribution >= 4 is 23.6 Å². The SMILES string of the molecule is COc1ccc(CNC(=O)CSc2cc(-n3ccc(C(=O)NC4CC4)n3)ncn2)cc1OC. The number of amides is 2. The molecule has 33 heavy (non-hydrogen) atoms. The Kier molecular flexibility index (Phi) is 7.08. The molecule has 0 radical (unpaired) electrons. The average molecular weight is 469 g/mol. The van der Waals surface area contributed by atoms with Gasteiger partial charge in [-0.3, -0.25) is 9.59 Å². The molecule has 0 atom stereocenters. The number of rotatable bonds is 10. The Morgan fingerprint density at radius 3 is 2.70 bits per heavy atom. The lowest BCUT2D eigenvalue weighted by Gasteiger charge is -2.10. The first-order valence-electron chi connectivity index (χ1n) is 10.3. The zero-order valence-electron chi connectivity index (χ0n) is 18.3. The van der Waals surface area contributed by atoms with Crippen molar-refractivity contribution in [2.75, 3.05) is 20.0 Å². The Labute approximate surface area is 195 Å². The van der Waals surface area contributed by atoms with Gasteiger partial charge in [-0.25, -0.2) is 14.6 Å². The summed E-state index contributed by atoms with van der Waals surface area (Å²) in [7, 11) is 3.14. The summed E-state index contributed by atoms with van der Waals surface area (Å²) in [5, 5.41) is 10.7. The van der Waals surface area contributed by atoms with E-state index >= 15 is 0 Å². The van der Waals surface area contributed by atoms with Crippen LogP contribution in [0.5, 0.6) is 11.5 Å². The molecule has 11 heteroatoms. The fourth-order valence-electron chi connectivity index (χ4n) is 2.98. The quantitative estimate of drug-likeness (QED) is 0.342. The maximum Gasteiger partial charge on any atom is 0.272 e. The molecule has 0 spiro atoms. The number of nitrogens with zero attached hydrogens (tertiary/aromatic N) is 4. The summed E-state index contributed by atoms with van der Waals surface area (Å²) >= 11 is 1.29. The summed E-state index contributed by atoms with van der Waals surface area (Å²) in [6.07, 6.45) is 5.11. The summed E-state index contributed by atoms with van der Waals surface area (Å²) < 4.78 is 12.0. The van der Waals surface area contributed by atoms with Gasteiger partial charge in [-0.15, -0.1) is 0 Å². The number of thioether (sulfide) groups is 1. The highest BCUT2D eigenvalue weighted by Gasteiger charge is 2.24. The molecule has 0 saturated heterocycles. The monoisotopic (exact) mass is 468 g/mol. The van der Waals surface area contributed by atoms with Gasteiger partial charge in [-0.05, 0) is 36.6 Å². The maximum atomic E-state index is 12.3. The summed E-state index contributed by atoms with van der Waals surface area (Å²) in [5.41, 5.74) is 1.24. The van der Waals surface area contributed by atoms with Gasteiger partial charge in [-0.1, -0.05) is 17.8 Å². The van der Waals surface area contributed by atoms with Crippen LogP contribution in [0.1, 0.15) is 28.9 Å². The van der Waals surface area contributed by atoms with E-state index in [4.69, 9.17) is 9.47 Å². The highest BCUT2D eigenvalue weighted by atomic mass is 32.2. The third-order valence-corrected chi connectivity index (χ3v) is 5.81. The highest BCUT2D eigenvalue weighted by Crippen LogP contribution is 2.27. The van der Waals surface area contributed by atoms with Crippen LogP contribution >= 0.6 is 11.8 Å². The molecule has 2 aromatic heterocycles.